The third kappa shape index (κ3) is 2.15. The van der Waals surface area contributed by atoms with Gasteiger partial charge >= 0.3 is 0 Å². The summed E-state index contributed by atoms with van der Waals surface area (Å²) in [5, 5.41) is 0. The smallest absolute Gasteiger partial charge is 0.274 e. The Balaban J connectivity index is 2.03. The molecule has 1 heterocycles. The summed E-state index contributed by atoms with van der Waals surface area (Å²) in [6.07, 6.45) is 5.35. The van der Waals surface area contributed by atoms with Crippen molar-refractivity contribution >= 4 is 11.6 Å². The molecule has 0 spiro atoms. The van der Waals surface area contributed by atoms with Crippen LogP contribution in [0.1, 0.15) is 29.8 Å². The van der Waals surface area contributed by atoms with E-state index in [4.69, 9.17) is 5.73 Å². The Bertz CT molecular complexity index is 388. The standard InChI is InChI=1S/C12H17N3O/c1-15(8-9-4-2-5-9)12(16)11-10(13)6-3-7-14-11/h3,6-7,9H,2,4-5,8,13H2,1H3. The third-order valence-electron chi connectivity index (χ3n) is 3.15. The molecule has 2 N–H and O–H groups in total. The van der Waals surface area contributed by atoms with Crippen molar-refractivity contribution in [2.75, 3.05) is 19.3 Å². The predicted molar refractivity (Wildman–Crippen MR) is 63.0 cm³/mol. The number of aromatic nitrogens is 1. The van der Waals surface area contributed by atoms with Gasteiger partial charge in [0.2, 0.25) is 0 Å². The number of hydrogen-bond donors (Lipinski definition) is 1. The van der Waals surface area contributed by atoms with Gasteiger partial charge in [-0.15, -0.1) is 0 Å². The van der Waals surface area contributed by atoms with Crippen molar-refractivity contribution in [3.63, 3.8) is 0 Å². The molecule has 2 rings (SSSR count). The second-order valence-electron chi connectivity index (χ2n) is 4.42. The third-order valence-corrected chi connectivity index (χ3v) is 3.15. The number of carbonyl (C=O) groups is 1. The van der Waals surface area contributed by atoms with E-state index in [0.717, 1.165) is 6.54 Å². The van der Waals surface area contributed by atoms with Gasteiger partial charge in [-0.3, -0.25) is 4.79 Å². The summed E-state index contributed by atoms with van der Waals surface area (Å²) in [6.45, 7) is 0.814. The molecule has 1 aliphatic carbocycles. The van der Waals surface area contributed by atoms with E-state index in [1.165, 1.54) is 19.3 Å². The number of pyridine rings is 1. The number of rotatable bonds is 3. The molecule has 0 atom stereocenters. The number of amides is 1. The van der Waals surface area contributed by atoms with Crippen LogP contribution in [0.4, 0.5) is 5.69 Å². The van der Waals surface area contributed by atoms with Crippen LogP contribution in [0.3, 0.4) is 0 Å². The lowest BCUT2D eigenvalue weighted by Gasteiger charge is -2.30. The lowest BCUT2D eigenvalue weighted by molar-refractivity contribution is 0.0740. The Hall–Kier alpha value is -1.58. The van der Waals surface area contributed by atoms with Crippen molar-refractivity contribution in [3.05, 3.63) is 24.0 Å². The molecule has 0 saturated heterocycles. The van der Waals surface area contributed by atoms with Gasteiger partial charge in [-0.25, -0.2) is 4.98 Å². The molecular formula is C12H17N3O. The molecule has 0 aromatic carbocycles. The van der Waals surface area contributed by atoms with Crippen LogP contribution in [0.5, 0.6) is 0 Å². The van der Waals surface area contributed by atoms with Crippen molar-refractivity contribution in [1.82, 2.24) is 9.88 Å². The summed E-state index contributed by atoms with van der Waals surface area (Å²) in [7, 11) is 1.81. The summed E-state index contributed by atoms with van der Waals surface area (Å²) in [5.41, 5.74) is 6.54. The second-order valence-corrected chi connectivity index (χ2v) is 4.42. The average molecular weight is 219 g/mol. The monoisotopic (exact) mass is 219 g/mol. The van der Waals surface area contributed by atoms with Gasteiger partial charge < -0.3 is 10.6 Å². The average Bonchev–Trinajstić information content (AvgIpc) is 2.23. The first-order valence-electron chi connectivity index (χ1n) is 5.64. The molecule has 0 unspecified atom stereocenters. The van der Waals surface area contributed by atoms with Crippen LogP contribution in [0.15, 0.2) is 18.3 Å². The van der Waals surface area contributed by atoms with Crippen LogP contribution in [0.25, 0.3) is 0 Å². The van der Waals surface area contributed by atoms with Crippen LogP contribution in [-0.4, -0.2) is 29.4 Å². The van der Waals surface area contributed by atoms with Gasteiger partial charge in [0, 0.05) is 19.8 Å². The number of nitrogens with two attached hydrogens (primary N) is 1. The molecule has 4 nitrogen and oxygen atoms in total. The minimum atomic E-state index is -0.0787. The molecule has 1 aromatic heterocycles. The first-order chi connectivity index (χ1) is 7.68. The Kier molecular flexibility index (Phi) is 3.08. The topological polar surface area (TPSA) is 59.2 Å². The highest BCUT2D eigenvalue weighted by atomic mass is 16.2. The zero-order chi connectivity index (χ0) is 11.5. The summed E-state index contributed by atoms with van der Waals surface area (Å²) in [4.78, 5) is 17.8. The molecule has 1 aromatic rings. The maximum atomic E-state index is 12.0. The zero-order valence-electron chi connectivity index (χ0n) is 9.52. The fraction of sp³-hybridized carbons (Fsp3) is 0.500. The molecule has 0 aliphatic heterocycles. The Morgan fingerprint density at radius 1 is 1.62 bits per heavy atom. The van der Waals surface area contributed by atoms with Gasteiger partial charge in [0.1, 0.15) is 0 Å². The highest BCUT2D eigenvalue weighted by Crippen LogP contribution is 2.27. The van der Waals surface area contributed by atoms with Crippen LogP contribution in [-0.2, 0) is 0 Å². The molecule has 16 heavy (non-hydrogen) atoms. The Morgan fingerprint density at radius 2 is 2.38 bits per heavy atom. The Labute approximate surface area is 95.5 Å². The second kappa shape index (κ2) is 4.51. The van der Waals surface area contributed by atoms with Gasteiger partial charge in [-0.05, 0) is 30.9 Å². The molecule has 1 aliphatic rings. The van der Waals surface area contributed by atoms with Gasteiger partial charge in [0.25, 0.3) is 5.91 Å². The van der Waals surface area contributed by atoms with Crippen LogP contribution >= 0.6 is 0 Å². The highest BCUT2D eigenvalue weighted by Gasteiger charge is 2.23. The first-order valence-corrected chi connectivity index (χ1v) is 5.64. The molecule has 4 heteroatoms. The molecular weight excluding hydrogens is 202 g/mol. The van der Waals surface area contributed by atoms with E-state index in [9.17, 15) is 4.79 Å². The van der Waals surface area contributed by atoms with Gasteiger partial charge in [0.15, 0.2) is 5.69 Å². The molecule has 86 valence electrons. The Morgan fingerprint density at radius 3 is 2.94 bits per heavy atom. The minimum Gasteiger partial charge on any atom is -0.397 e. The molecule has 0 bridgehead atoms. The van der Waals surface area contributed by atoms with Crippen molar-refractivity contribution in [2.24, 2.45) is 5.92 Å². The van der Waals surface area contributed by atoms with Crippen molar-refractivity contribution < 1.29 is 4.79 Å². The number of anilines is 1. The fourth-order valence-electron chi connectivity index (χ4n) is 1.92. The van der Waals surface area contributed by atoms with E-state index in [0.29, 0.717) is 17.3 Å². The van der Waals surface area contributed by atoms with Crippen molar-refractivity contribution in [1.29, 1.82) is 0 Å². The summed E-state index contributed by atoms with van der Waals surface area (Å²) >= 11 is 0. The maximum absolute atomic E-state index is 12.0. The van der Waals surface area contributed by atoms with Gasteiger partial charge in [-0.1, -0.05) is 6.42 Å². The van der Waals surface area contributed by atoms with Crippen LogP contribution in [0.2, 0.25) is 0 Å². The number of carbonyl (C=O) groups excluding carboxylic acids is 1. The quantitative estimate of drug-likeness (QED) is 0.838. The zero-order valence-corrected chi connectivity index (χ0v) is 9.52. The maximum Gasteiger partial charge on any atom is 0.274 e. The van der Waals surface area contributed by atoms with Crippen LogP contribution < -0.4 is 5.73 Å². The molecule has 1 saturated carbocycles. The summed E-state index contributed by atoms with van der Waals surface area (Å²) in [6, 6.07) is 3.44. The lowest BCUT2D eigenvalue weighted by Crippen LogP contribution is -2.35. The van der Waals surface area contributed by atoms with Gasteiger partial charge in [0.05, 0.1) is 5.69 Å². The summed E-state index contributed by atoms with van der Waals surface area (Å²) in [5.74, 6) is 0.587. The number of nitrogens with zero attached hydrogens (tertiary/aromatic N) is 2. The molecule has 1 amide bonds. The van der Waals surface area contributed by atoms with E-state index in [1.54, 1.807) is 23.2 Å². The lowest BCUT2D eigenvalue weighted by atomic mass is 9.85. The predicted octanol–water partition coefficient (Wildman–Crippen LogP) is 1.54. The van der Waals surface area contributed by atoms with Crippen LogP contribution in [0, 0.1) is 5.92 Å². The SMILES string of the molecule is CN(CC1CCC1)C(=O)c1ncccc1N. The van der Waals surface area contributed by atoms with E-state index in [2.05, 4.69) is 4.98 Å². The van der Waals surface area contributed by atoms with Gasteiger partial charge in [-0.2, -0.15) is 0 Å². The summed E-state index contributed by atoms with van der Waals surface area (Å²) < 4.78 is 0. The molecule has 1 fully saturated rings. The van der Waals surface area contributed by atoms with Crippen molar-refractivity contribution in [3.8, 4) is 0 Å². The van der Waals surface area contributed by atoms with E-state index in [-0.39, 0.29) is 5.91 Å². The molecule has 0 radical (unpaired) electrons. The first kappa shape index (κ1) is 10.9. The van der Waals surface area contributed by atoms with E-state index < -0.39 is 0 Å². The number of hydrogen-bond acceptors (Lipinski definition) is 3. The highest BCUT2D eigenvalue weighted by molar-refractivity contribution is 5.96. The van der Waals surface area contributed by atoms with Crippen molar-refractivity contribution in [2.45, 2.75) is 19.3 Å². The van der Waals surface area contributed by atoms with E-state index in [1.807, 2.05) is 7.05 Å². The number of nitrogen functional groups attached to an aromatic ring is 1. The minimum absolute atomic E-state index is 0.0787. The largest absolute Gasteiger partial charge is 0.397 e. The van der Waals surface area contributed by atoms with E-state index >= 15 is 0 Å². The fourth-order valence-corrected chi connectivity index (χ4v) is 1.92. The normalized spacial score (nSPS) is 15.6.